The Kier molecular flexibility index (Phi) is 7.02. The first-order valence-corrected chi connectivity index (χ1v) is 9.87. The molecular formula is C21H26N2O5S. The van der Waals surface area contributed by atoms with Gasteiger partial charge in [-0.05, 0) is 31.5 Å². The average Bonchev–Trinajstić information content (AvgIpc) is 2.92. The number of hydrogen-bond acceptors (Lipinski definition) is 6. The number of ether oxygens (including phenoxy) is 2. The maximum atomic E-state index is 12.6. The number of carbonyl (C=O) groups excluding carboxylic acids is 3. The number of rotatable bonds is 6. The van der Waals surface area contributed by atoms with E-state index in [1.54, 1.807) is 52.0 Å². The lowest BCUT2D eigenvalue weighted by Crippen LogP contribution is -2.28. The van der Waals surface area contributed by atoms with Crippen molar-refractivity contribution < 1.29 is 23.9 Å². The number of hydrogen-bond donors (Lipinski definition) is 2. The summed E-state index contributed by atoms with van der Waals surface area (Å²) in [6, 6.07) is 6.86. The quantitative estimate of drug-likeness (QED) is 0.687. The van der Waals surface area contributed by atoms with Crippen LogP contribution in [0.25, 0.3) is 0 Å². The van der Waals surface area contributed by atoms with Crippen molar-refractivity contribution in [3.05, 3.63) is 40.3 Å². The van der Waals surface area contributed by atoms with E-state index < -0.39 is 23.9 Å². The predicted molar refractivity (Wildman–Crippen MR) is 114 cm³/mol. The molecule has 0 fully saturated rings. The molecule has 0 aliphatic carbocycles. The molecule has 156 valence electrons. The Labute approximate surface area is 174 Å². The highest BCUT2D eigenvalue weighted by molar-refractivity contribution is 7.16. The molecule has 0 radical (unpaired) electrons. The van der Waals surface area contributed by atoms with E-state index in [1.165, 1.54) is 18.4 Å². The van der Waals surface area contributed by atoms with E-state index in [0.717, 1.165) is 10.4 Å². The summed E-state index contributed by atoms with van der Waals surface area (Å²) in [6.45, 7) is 8.56. The summed E-state index contributed by atoms with van der Waals surface area (Å²) >= 11 is 1.31. The fraction of sp³-hybridized carbons (Fsp3) is 0.381. The van der Waals surface area contributed by atoms with Gasteiger partial charge in [0.2, 0.25) is 5.91 Å². The van der Waals surface area contributed by atoms with Gasteiger partial charge in [0.25, 0.3) is 5.91 Å². The van der Waals surface area contributed by atoms with Crippen LogP contribution in [0.3, 0.4) is 0 Å². The third kappa shape index (κ3) is 5.80. The Morgan fingerprint density at radius 1 is 1.10 bits per heavy atom. The summed E-state index contributed by atoms with van der Waals surface area (Å²) in [6.07, 6.45) is 0. The molecule has 8 heteroatoms. The second kappa shape index (κ2) is 9.09. The summed E-state index contributed by atoms with van der Waals surface area (Å²) < 4.78 is 10.3. The smallest absolute Gasteiger partial charge is 0.341 e. The number of nitrogens with one attached hydrogen (secondary N) is 2. The van der Waals surface area contributed by atoms with Crippen molar-refractivity contribution >= 4 is 39.8 Å². The molecule has 0 aliphatic rings. The fourth-order valence-electron chi connectivity index (χ4n) is 2.35. The first kappa shape index (κ1) is 22.4. The molecule has 7 nitrogen and oxygen atoms in total. The number of esters is 1. The Balaban J connectivity index is 2.06. The van der Waals surface area contributed by atoms with Crippen molar-refractivity contribution in [1.29, 1.82) is 0 Å². The molecule has 2 amide bonds. The molecule has 1 aromatic carbocycles. The molecule has 0 saturated heterocycles. The zero-order valence-corrected chi connectivity index (χ0v) is 18.3. The summed E-state index contributed by atoms with van der Waals surface area (Å²) in [5.41, 5.74) is 0.923. The molecule has 29 heavy (non-hydrogen) atoms. The molecule has 2 rings (SSSR count). The predicted octanol–water partition coefficient (Wildman–Crippen LogP) is 4.15. The van der Waals surface area contributed by atoms with Gasteiger partial charge >= 0.3 is 5.97 Å². The van der Waals surface area contributed by atoms with E-state index in [2.05, 4.69) is 10.6 Å². The number of anilines is 2. The monoisotopic (exact) mass is 418 g/mol. The molecule has 0 atom stereocenters. The Morgan fingerprint density at radius 2 is 1.79 bits per heavy atom. The lowest BCUT2D eigenvalue weighted by Gasteiger charge is -2.17. The van der Waals surface area contributed by atoms with E-state index in [4.69, 9.17) is 9.47 Å². The largest absolute Gasteiger partial charge is 0.497 e. The van der Waals surface area contributed by atoms with Crippen molar-refractivity contribution in [1.82, 2.24) is 0 Å². The summed E-state index contributed by atoms with van der Waals surface area (Å²) in [5.74, 6) is -0.736. The van der Waals surface area contributed by atoms with Gasteiger partial charge in [-0.1, -0.05) is 26.8 Å². The van der Waals surface area contributed by atoms with Gasteiger partial charge in [0, 0.05) is 22.0 Å². The molecular weight excluding hydrogens is 392 g/mol. The third-order valence-electron chi connectivity index (χ3n) is 4.19. The number of amides is 2. The van der Waals surface area contributed by atoms with Crippen LogP contribution in [0, 0.1) is 19.3 Å². The fourth-order valence-corrected chi connectivity index (χ4v) is 3.40. The van der Waals surface area contributed by atoms with Gasteiger partial charge in [-0.15, -0.1) is 11.3 Å². The van der Waals surface area contributed by atoms with Crippen LogP contribution < -0.4 is 15.4 Å². The third-order valence-corrected chi connectivity index (χ3v) is 5.31. The minimum absolute atomic E-state index is 0.205. The molecule has 2 aromatic rings. The summed E-state index contributed by atoms with van der Waals surface area (Å²) in [4.78, 5) is 38.0. The number of thiophene rings is 1. The lowest BCUT2D eigenvalue weighted by atomic mass is 9.96. The van der Waals surface area contributed by atoms with E-state index in [1.807, 2.05) is 6.92 Å². The van der Waals surface area contributed by atoms with Gasteiger partial charge < -0.3 is 20.1 Å². The molecule has 0 aliphatic heterocycles. The molecule has 1 heterocycles. The molecule has 2 N–H and O–H groups in total. The highest BCUT2D eigenvalue weighted by Gasteiger charge is 2.27. The van der Waals surface area contributed by atoms with Crippen LogP contribution >= 0.6 is 11.3 Å². The zero-order chi connectivity index (χ0) is 21.8. The van der Waals surface area contributed by atoms with Crippen LogP contribution in [-0.4, -0.2) is 31.5 Å². The van der Waals surface area contributed by atoms with Crippen LogP contribution in [0.4, 0.5) is 10.7 Å². The van der Waals surface area contributed by atoms with Crippen molar-refractivity contribution in [2.45, 2.75) is 34.6 Å². The van der Waals surface area contributed by atoms with Gasteiger partial charge in [0.15, 0.2) is 6.61 Å². The summed E-state index contributed by atoms with van der Waals surface area (Å²) in [5, 5.41) is 5.87. The number of carbonyl (C=O) groups is 3. The van der Waals surface area contributed by atoms with Crippen LogP contribution in [0.2, 0.25) is 0 Å². The maximum absolute atomic E-state index is 12.6. The van der Waals surface area contributed by atoms with E-state index in [0.29, 0.717) is 16.4 Å². The topological polar surface area (TPSA) is 93.7 Å². The van der Waals surface area contributed by atoms with Crippen molar-refractivity contribution in [2.75, 3.05) is 24.4 Å². The van der Waals surface area contributed by atoms with Gasteiger partial charge in [-0.25, -0.2) is 4.79 Å². The van der Waals surface area contributed by atoms with Gasteiger partial charge in [-0.2, -0.15) is 0 Å². The normalized spacial score (nSPS) is 11.0. The van der Waals surface area contributed by atoms with Gasteiger partial charge in [-0.3, -0.25) is 9.59 Å². The van der Waals surface area contributed by atoms with Crippen molar-refractivity contribution in [3.8, 4) is 5.75 Å². The highest BCUT2D eigenvalue weighted by atomic mass is 32.1. The van der Waals surface area contributed by atoms with Crippen LogP contribution in [0.5, 0.6) is 5.75 Å². The van der Waals surface area contributed by atoms with Gasteiger partial charge in [0.1, 0.15) is 10.8 Å². The first-order chi connectivity index (χ1) is 13.5. The molecule has 0 bridgehead atoms. The van der Waals surface area contributed by atoms with E-state index in [9.17, 15) is 14.4 Å². The van der Waals surface area contributed by atoms with Crippen LogP contribution in [0.15, 0.2) is 24.3 Å². The van der Waals surface area contributed by atoms with E-state index in [-0.39, 0.29) is 11.5 Å². The van der Waals surface area contributed by atoms with Crippen LogP contribution in [-0.2, 0) is 14.3 Å². The SMILES string of the molecule is COc1cccc(NC(=O)COC(=O)c2c(NC(=O)C(C)(C)C)sc(C)c2C)c1. The first-order valence-electron chi connectivity index (χ1n) is 9.05. The average molecular weight is 419 g/mol. The van der Waals surface area contributed by atoms with Gasteiger partial charge in [0.05, 0.1) is 12.7 Å². The number of methoxy groups -OCH3 is 1. The van der Waals surface area contributed by atoms with Crippen molar-refractivity contribution in [2.24, 2.45) is 5.41 Å². The summed E-state index contributed by atoms with van der Waals surface area (Å²) in [7, 11) is 1.53. The minimum atomic E-state index is -0.656. The Bertz CT molecular complexity index is 928. The standard InChI is InChI=1S/C21H26N2O5S/c1-12-13(2)29-18(23-20(26)21(3,4)5)17(12)19(25)28-11-16(24)22-14-8-7-9-15(10-14)27-6/h7-10H,11H2,1-6H3,(H,22,24)(H,23,26). The zero-order valence-electron chi connectivity index (χ0n) is 17.5. The molecule has 0 saturated carbocycles. The molecule has 0 unspecified atom stereocenters. The second-order valence-electron chi connectivity index (χ2n) is 7.55. The van der Waals surface area contributed by atoms with Crippen LogP contribution in [0.1, 0.15) is 41.6 Å². The van der Waals surface area contributed by atoms with E-state index >= 15 is 0 Å². The molecule has 1 aromatic heterocycles. The Hall–Kier alpha value is -2.87. The number of benzene rings is 1. The Morgan fingerprint density at radius 3 is 2.41 bits per heavy atom. The highest BCUT2D eigenvalue weighted by Crippen LogP contribution is 2.34. The second-order valence-corrected chi connectivity index (χ2v) is 8.77. The lowest BCUT2D eigenvalue weighted by molar-refractivity contribution is -0.123. The minimum Gasteiger partial charge on any atom is -0.497 e. The maximum Gasteiger partial charge on any atom is 0.341 e. The number of aryl methyl sites for hydroxylation is 1. The molecule has 0 spiro atoms. The van der Waals surface area contributed by atoms with Crippen molar-refractivity contribution in [3.63, 3.8) is 0 Å².